The van der Waals surface area contributed by atoms with Crippen molar-refractivity contribution in [2.45, 2.75) is 31.9 Å². The minimum absolute atomic E-state index is 0.154. The maximum Gasteiger partial charge on any atom is 0.123 e. The highest BCUT2D eigenvalue weighted by Gasteiger charge is 2.30. The lowest BCUT2D eigenvalue weighted by Gasteiger charge is -2.16. The van der Waals surface area contributed by atoms with Gasteiger partial charge in [-0.3, -0.25) is 0 Å². The first-order chi connectivity index (χ1) is 9.85. The first-order valence-corrected chi connectivity index (χ1v) is 7.64. The van der Waals surface area contributed by atoms with E-state index in [2.05, 4.69) is 19.9 Å². The highest BCUT2D eigenvalue weighted by atomic mass is 35.5. The van der Waals surface area contributed by atoms with Gasteiger partial charge in [0.05, 0.1) is 6.04 Å². The Morgan fingerprint density at radius 3 is 2.67 bits per heavy atom. The molecule has 0 aliphatic carbocycles. The topological polar surface area (TPSA) is 35.2 Å². The van der Waals surface area contributed by atoms with Crippen molar-refractivity contribution < 1.29 is 4.74 Å². The Hall–Kier alpha value is -1.22. The Kier molecular flexibility index (Phi) is 3.64. The van der Waals surface area contributed by atoms with Crippen molar-refractivity contribution in [1.29, 1.82) is 0 Å². The van der Waals surface area contributed by atoms with Gasteiger partial charge in [-0.1, -0.05) is 35.3 Å². The number of ether oxygens (including phenoxy) is 1. The summed E-state index contributed by atoms with van der Waals surface area (Å²) < 4.78 is 5.89. The lowest BCUT2D eigenvalue weighted by atomic mass is 9.95. The number of nitrogens with two attached hydrogens (primary N) is 1. The van der Waals surface area contributed by atoms with Crippen molar-refractivity contribution in [3.8, 4) is 5.75 Å². The molecule has 2 nitrogen and oxygen atoms in total. The van der Waals surface area contributed by atoms with Crippen LogP contribution < -0.4 is 10.5 Å². The molecule has 2 N–H and O–H groups in total. The fourth-order valence-corrected chi connectivity index (χ4v) is 3.17. The van der Waals surface area contributed by atoms with Crippen LogP contribution in [0.3, 0.4) is 0 Å². The standard InChI is InChI=1S/C17H17Cl2NO/c1-17(2)9-11-7-10(3-6-15(11)21-17)16(20)13-8-12(18)4-5-14(13)19/h3-8,16H,9,20H2,1-2H3. The Labute approximate surface area is 134 Å². The van der Waals surface area contributed by atoms with E-state index in [0.717, 1.165) is 23.3 Å². The largest absolute Gasteiger partial charge is 0.487 e. The first-order valence-electron chi connectivity index (χ1n) is 6.88. The minimum atomic E-state index is -0.301. The van der Waals surface area contributed by atoms with Gasteiger partial charge >= 0.3 is 0 Å². The predicted octanol–water partition coefficient (Wildman–Crippen LogP) is 4.76. The Balaban J connectivity index is 1.97. The van der Waals surface area contributed by atoms with E-state index < -0.39 is 0 Å². The Bertz CT molecular complexity index is 697. The van der Waals surface area contributed by atoms with Crippen LogP contribution in [0.1, 0.15) is 36.6 Å². The second kappa shape index (κ2) is 5.20. The van der Waals surface area contributed by atoms with Crippen molar-refractivity contribution in [1.82, 2.24) is 0 Å². The van der Waals surface area contributed by atoms with E-state index >= 15 is 0 Å². The van der Waals surface area contributed by atoms with Gasteiger partial charge in [-0.05, 0) is 54.8 Å². The zero-order chi connectivity index (χ0) is 15.2. The molecular weight excluding hydrogens is 305 g/mol. The molecule has 1 heterocycles. The van der Waals surface area contributed by atoms with Gasteiger partial charge in [0.15, 0.2) is 0 Å². The van der Waals surface area contributed by atoms with Gasteiger partial charge in [0.1, 0.15) is 11.4 Å². The highest BCUT2D eigenvalue weighted by molar-refractivity contribution is 6.33. The summed E-state index contributed by atoms with van der Waals surface area (Å²) in [6.45, 7) is 4.17. The lowest BCUT2D eigenvalue weighted by Crippen LogP contribution is -2.24. The first kappa shape index (κ1) is 14.7. The molecular formula is C17H17Cl2NO. The summed E-state index contributed by atoms with van der Waals surface area (Å²) in [5, 5.41) is 1.26. The van der Waals surface area contributed by atoms with Crippen LogP contribution in [0.4, 0.5) is 0 Å². The van der Waals surface area contributed by atoms with E-state index in [1.165, 1.54) is 5.56 Å². The molecule has 1 aliphatic heterocycles. The fourth-order valence-electron chi connectivity index (χ4n) is 2.76. The molecule has 3 rings (SSSR count). The molecule has 0 radical (unpaired) electrons. The molecule has 0 saturated heterocycles. The van der Waals surface area contributed by atoms with Crippen LogP contribution in [-0.4, -0.2) is 5.60 Å². The molecule has 1 unspecified atom stereocenters. The zero-order valence-electron chi connectivity index (χ0n) is 12.0. The van der Waals surface area contributed by atoms with Crippen molar-refractivity contribution >= 4 is 23.2 Å². The Morgan fingerprint density at radius 1 is 1.14 bits per heavy atom. The smallest absolute Gasteiger partial charge is 0.123 e. The van der Waals surface area contributed by atoms with Crippen molar-refractivity contribution in [3.63, 3.8) is 0 Å². The average molecular weight is 322 g/mol. The average Bonchev–Trinajstić information content (AvgIpc) is 2.73. The Morgan fingerprint density at radius 2 is 1.90 bits per heavy atom. The van der Waals surface area contributed by atoms with Gasteiger partial charge in [0, 0.05) is 16.5 Å². The molecule has 0 bridgehead atoms. The lowest BCUT2D eigenvalue weighted by molar-refractivity contribution is 0.138. The molecule has 0 fully saturated rings. The highest BCUT2D eigenvalue weighted by Crippen LogP contribution is 2.37. The molecule has 0 amide bonds. The molecule has 21 heavy (non-hydrogen) atoms. The molecule has 0 aromatic heterocycles. The maximum absolute atomic E-state index is 6.36. The van der Waals surface area contributed by atoms with Crippen LogP contribution in [0, 0.1) is 0 Å². The quantitative estimate of drug-likeness (QED) is 0.865. The molecule has 2 aromatic carbocycles. The summed E-state index contributed by atoms with van der Waals surface area (Å²) in [6, 6.07) is 11.1. The summed E-state index contributed by atoms with van der Waals surface area (Å²) >= 11 is 12.3. The summed E-state index contributed by atoms with van der Waals surface area (Å²) in [4.78, 5) is 0. The molecule has 110 valence electrons. The number of benzene rings is 2. The fraction of sp³-hybridized carbons (Fsp3) is 0.294. The van der Waals surface area contributed by atoms with E-state index in [9.17, 15) is 0 Å². The molecule has 0 saturated carbocycles. The number of hydrogen-bond acceptors (Lipinski definition) is 2. The van der Waals surface area contributed by atoms with Gasteiger partial charge in [-0.15, -0.1) is 0 Å². The van der Waals surface area contributed by atoms with Crippen molar-refractivity contribution in [2.24, 2.45) is 5.73 Å². The SMILES string of the molecule is CC1(C)Cc2cc(C(N)c3cc(Cl)ccc3Cl)ccc2O1. The third-order valence-corrected chi connectivity index (χ3v) is 4.32. The predicted molar refractivity (Wildman–Crippen MR) is 87.3 cm³/mol. The van der Waals surface area contributed by atoms with Gasteiger partial charge in [0.25, 0.3) is 0 Å². The van der Waals surface area contributed by atoms with Crippen LogP contribution in [0.2, 0.25) is 10.0 Å². The maximum atomic E-state index is 6.36. The molecule has 1 atom stereocenters. The zero-order valence-corrected chi connectivity index (χ0v) is 13.5. The van der Waals surface area contributed by atoms with Gasteiger partial charge in [-0.2, -0.15) is 0 Å². The second-order valence-electron chi connectivity index (χ2n) is 6.05. The second-order valence-corrected chi connectivity index (χ2v) is 6.89. The van der Waals surface area contributed by atoms with Crippen LogP contribution in [0.15, 0.2) is 36.4 Å². The van der Waals surface area contributed by atoms with Crippen LogP contribution in [-0.2, 0) is 6.42 Å². The normalized spacial score (nSPS) is 17.2. The van der Waals surface area contributed by atoms with E-state index in [-0.39, 0.29) is 11.6 Å². The number of fused-ring (bicyclic) bond motifs is 1. The molecule has 0 spiro atoms. The number of halogens is 2. The monoisotopic (exact) mass is 321 g/mol. The van der Waals surface area contributed by atoms with Gasteiger partial charge in [-0.25, -0.2) is 0 Å². The number of hydrogen-bond donors (Lipinski definition) is 1. The molecule has 2 aromatic rings. The minimum Gasteiger partial charge on any atom is -0.487 e. The van der Waals surface area contributed by atoms with Gasteiger partial charge in [0.2, 0.25) is 0 Å². The summed E-state index contributed by atoms with van der Waals surface area (Å²) in [6.07, 6.45) is 0.881. The van der Waals surface area contributed by atoms with Crippen LogP contribution in [0.5, 0.6) is 5.75 Å². The van der Waals surface area contributed by atoms with E-state index in [1.807, 2.05) is 18.2 Å². The van der Waals surface area contributed by atoms with Gasteiger partial charge < -0.3 is 10.5 Å². The number of rotatable bonds is 2. The molecule has 4 heteroatoms. The van der Waals surface area contributed by atoms with E-state index in [0.29, 0.717) is 10.0 Å². The summed E-state index contributed by atoms with van der Waals surface area (Å²) in [5.74, 6) is 0.938. The van der Waals surface area contributed by atoms with Crippen LogP contribution in [0.25, 0.3) is 0 Å². The van der Waals surface area contributed by atoms with E-state index in [4.69, 9.17) is 33.7 Å². The summed E-state index contributed by atoms with van der Waals surface area (Å²) in [7, 11) is 0. The van der Waals surface area contributed by atoms with Crippen molar-refractivity contribution in [2.75, 3.05) is 0 Å². The molecule has 1 aliphatic rings. The van der Waals surface area contributed by atoms with Crippen molar-refractivity contribution in [3.05, 3.63) is 63.1 Å². The van der Waals surface area contributed by atoms with E-state index in [1.54, 1.807) is 12.1 Å². The summed E-state index contributed by atoms with van der Waals surface area (Å²) in [5.41, 5.74) is 9.24. The van der Waals surface area contributed by atoms with Crippen LogP contribution >= 0.6 is 23.2 Å². The third kappa shape index (κ3) is 2.89. The third-order valence-electron chi connectivity index (χ3n) is 3.74.